The lowest BCUT2D eigenvalue weighted by molar-refractivity contribution is -0.384. The van der Waals surface area contributed by atoms with Crippen molar-refractivity contribution in [1.82, 2.24) is 0 Å². The molecule has 0 aliphatic heterocycles. The van der Waals surface area contributed by atoms with Gasteiger partial charge in [-0.25, -0.2) is 0 Å². The summed E-state index contributed by atoms with van der Waals surface area (Å²) in [5, 5.41) is 27.0. The molecule has 2 atom stereocenters. The molecule has 0 spiro atoms. The normalized spacial score (nSPS) is 17.9. The first-order chi connectivity index (χ1) is 21.6. The Morgan fingerprint density at radius 3 is 1.84 bits per heavy atom. The summed E-state index contributed by atoms with van der Waals surface area (Å²) in [6.45, 7) is 0. The third-order valence-corrected chi connectivity index (χ3v) is 11.7. The van der Waals surface area contributed by atoms with Crippen molar-refractivity contribution >= 4 is 34.7 Å². The Morgan fingerprint density at radius 1 is 0.773 bits per heavy atom. The molecule has 2 aliphatic rings. The van der Waals surface area contributed by atoms with Gasteiger partial charge in [-0.2, -0.15) is 6.26 Å². The van der Waals surface area contributed by atoms with Crippen LogP contribution in [-0.4, -0.2) is 10.6 Å². The summed E-state index contributed by atoms with van der Waals surface area (Å²) >= 11 is 0. The van der Waals surface area contributed by atoms with E-state index in [1.807, 2.05) is 30.4 Å². The van der Waals surface area contributed by atoms with E-state index in [4.69, 9.17) is 4.76 Å². The summed E-state index contributed by atoms with van der Waals surface area (Å²) in [7, 11) is -2.63. The lowest BCUT2D eigenvalue weighted by Gasteiger charge is -2.28. The van der Waals surface area contributed by atoms with Crippen molar-refractivity contribution in [1.29, 1.82) is 0 Å². The fourth-order valence-corrected chi connectivity index (χ4v) is 9.62. The van der Waals surface area contributed by atoms with E-state index >= 15 is 0 Å². The number of rotatable bonds is 8. The summed E-state index contributed by atoms with van der Waals surface area (Å²) in [5.41, 5.74) is 3.96. The summed E-state index contributed by atoms with van der Waals surface area (Å²) in [6, 6.07) is 37.9. The Kier molecular flexibility index (Phi) is 8.58. The minimum atomic E-state index is -2.63. The number of nitro groups is 1. The minimum absolute atomic E-state index is 0.0106. The average molecular weight is 595 g/mol. The highest BCUT2D eigenvalue weighted by Gasteiger charge is 2.48. The monoisotopic (exact) mass is 594 g/mol. The number of fused-ring (bicyclic) bond motifs is 2. The van der Waals surface area contributed by atoms with Gasteiger partial charge in [-0.15, -0.1) is 4.76 Å². The molecule has 0 radical (unpaired) electrons. The smallest absolute Gasteiger partial charge is 0.269 e. The van der Waals surface area contributed by atoms with Crippen LogP contribution in [0, 0.1) is 16.0 Å². The van der Waals surface area contributed by atoms with Crippen molar-refractivity contribution < 1.29 is 10.0 Å². The second-order valence-electron chi connectivity index (χ2n) is 10.7. The van der Waals surface area contributed by atoms with Gasteiger partial charge in [0.2, 0.25) is 7.41 Å². The van der Waals surface area contributed by atoms with Gasteiger partial charge in [-0.3, -0.25) is 10.1 Å². The van der Waals surface area contributed by atoms with Crippen LogP contribution in [0.25, 0.3) is 0 Å². The number of non-ortho nitro benzene ring substituents is 1. The van der Waals surface area contributed by atoms with Crippen LogP contribution >= 0.6 is 7.41 Å². The molecule has 2 unspecified atom stereocenters. The Morgan fingerprint density at radius 2 is 1.32 bits per heavy atom. The molecule has 6 rings (SSSR count). The van der Waals surface area contributed by atoms with E-state index in [2.05, 4.69) is 97.1 Å². The van der Waals surface area contributed by atoms with Crippen LogP contribution in [0.4, 0.5) is 5.69 Å². The first-order valence-electron chi connectivity index (χ1n) is 14.5. The van der Waals surface area contributed by atoms with Crippen LogP contribution < -0.4 is 21.0 Å². The molecule has 2 aliphatic carbocycles. The average Bonchev–Trinajstić information content (AvgIpc) is 3.42. The lowest BCUT2D eigenvalue weighted by Crippen LogP contribution is -2.32. The Labute approximate surface area is 258 Å². The topological polar surface area (TPSA) is 78.6 Å². The van der Waals surface area contributed by atoms with Gasteiger partial charge in [-0.05, 0) is 59.5 Å². The fraction of sp³-hybridized carbons (Fsp3) is 0.0789. The van der Waals surface area contributed by atoms with Gasteiger partial charge >= 0.3 is 0 Å². The number of nitro benzene ring substituents is 1. The van der Waals surface area contributed by atoms with Crippen molar-refractivity contribution in [3.8, 4) is 0 Å². The Balaban J connectivity index is 1.67. The predicted molar refractivity (Wildman–Crippen MR) is 180 cm³/mol. The van der Waals surface area contributed by atoms with Gasteiger partial charge in [0.05, 0.1) is 10.6 Å². The molecule has 0 aromatic heterocycles. The minimum Gasteiger partial charge on any atom is -0.878 e. The number of hydrogen-bond acceptors (Lipinski definition) is 4. The summed E-state index contributed by atoms with van der Waals surface area (Å²) < 4.78 is 5.96. The highest BCUT2D eigenvalue weighted by molar-refractivity contribution is 7.94. The molecule has 0 fully saturated rings. The second kappa shape index (κ2) is 13.0. The van der Waals surface area contributed by atoms with Crippen molar-refractivity contribution in [2.24, 2.45) is 10.7 Å². The third-order valence-electron chi connectivity index (χ3n) is 8.08. The zero-order chi connectivity index (χ0) is 30.4. The van der Waals surface area contributed by atoms with Crippen LogP contribution in [0.3, 0.4) is 0 Å². The highest BCUT2D eigenvalue weighted by atomic mass is 31.2. The summed E-state index contributed by atoms with van der Waals surface area (Å²) in [6.07, 6.45) is 15.8. The van der Waals surface area contributed by atoms with Crippen molar-refractivity contribution in [3.05, 3.63) is 191 Å². The number of allylic oxidation sites excluding steroid dienone is 9. The summed E-state index contributed by atoms with van der Waals surface area (Å²) in [4.78, 5) is 11.0. The number of nitrogens with zero attached hydrogens (tertiary/aromatic N) is 2. The van der Waals surface area contributed by atoms with Gasteiger partial charge in [0, 0.05) is 24.0 Å². The highest BCUT2D eigenvalue weighted by Crippen LogP contribution is 2.58. The molecule has 6 heteroatoms. The maximum atomic E-state index is 12.2. The SMILES string of the molecule is O=[N+]([O-])c1ccc(C(/C=C\[O-])C2C=CC3=CC=CC=C(C3)/C2=N\[P+](c2ccccc2)(c2ccccc2)c2ccccc2)cc1. The summed E-state index contributed by atoms with van der Waals surface area (Å²) in [5.74, 6) is -0.695. The van der Waals surface area contributed by atoms with E-state index in [9.17, 15) is 15.2 Å². The van der Waals surface area contributed by atoms with Crippen LogP contribution in [0.5, 0.6) is 0 Å². The molecule has 4 aromatic carbocycles. The first-order valence-corrected chi connectivity index (χ1v) is 16.3. The maximum absolute atomic E-state index is 12.2. The van der Waals surface area contributed by atoms with Crippen molar-refractivity contribution in [3.63, 3.8) is 0 Å². The number of benzene rings is 4. The van der Waals surface area contributed by atoms with E-state index in [-0.39, 0.29) is 11.6 Å². The predicted octanol–water partition coefficient (Wildman–Crippen LogP) is 6.90. The molecule has 0 N–H and O–H groups in total. The maximum Gasteiger partial charge on any atom is 0.269 e. The third kappa shape index (κ3) is 5.75. The first kappa shape index (κ1) is 29.0. The standard InChI is InChI=1S/C38H31N2O3P/c41-27-26-36(30-21-23-32(24-22-30)40(42)43)37-25-20-29-12-10-11-13-31(28-29)38(37)39-44(33-14-4-1-5-15-33,34-16-6-2-7-17-34)35-18-8-3-9-19-35/h1-27,36-37H,28H2/b27-26-,39-38+. The fourth-order valence-electron chi connectivity index (χ4n) is 5.99. The van der Waals surface area contributed by atoms with E-state index in [0.29, 0.717) is 6.42 Å². The van der Waals surface area contributed by atoms with E-state index in [0.717, 1.165) is 44.6 Å². The molecular formula is C38H31N2O3P. The van der Waals surface area contributed by atoms with Gasteiger partial charge in [0.25, 0.3) is 5.69 Å². The van der Waals surface area contributed by atoms with Crippen LogP contribution in [-0.2, 0) is 0 Å². The Hall–Kier alpha value is -5.12. The van der Waals surface area contributed by atoms with Gasteiger partial charge in [-0.1, -0.05) is 109 Å². The van der Waals surface area contributed by atoms with E-state index < -0.39 is 18.3 Å². The van der Waals surface area contributed by atoms with Gasteiger partial charge < -0.3 is 5.11 Å². The second-order valence-corrected chi connectivity index (χ2v) is 13.7. The van der Waals surface area contributed by atoms with E-state index in [1.165, 1.54) is 12.1 Å². The molecule has 2 bridgehead atoms. The molecule has 0 heterocycles. The molecular weight excluding hydrogens is 563 g/mol. The van der Waals surface area contributed by atoms with Crippen LogP contribution in [0.2, 0.25) is 0 Å². The largest absolute Gasteiger partial charge is 0.878 e. The van der Waals surface area contributed by atoms with E-state index in [1.54, 1.807) is 18.2 Å². The zero-order valence-electron chi connectivity index (χ0n) is 24.0. The molecule has 5 nitrogen and oxygen atoms in total. The van der Waals surface area contributed by atoms with Crippen LogP contribution in [0.15, 0.2) is 180 Å². The van der Waals surface area contributed by atoms with Crippen molar-refractivity contribution in [2.75, 3.05) is 0 Å². The van der Waals surface area contributed by atoms with Gasteiger partial charge in [0.15, 0.2) is 0 Å². The van der Waals surface area contributed by atoms with Gasteiger partial charge in [0.1, 0.15) is 15.9 Å². The molecule has 0 saturated heterocycles. The lowest BCUT2D eigenvalue weighted by atomic mass is 9.80. The molecule has 0 amide bonds. The molecule has 0 saturated carbocycles. The van der Waals surface area contributed by atoms with Crippen LogP contribution in [0.1, 0.15) is 17.9 Å². The zero-order valence-corrected chi connectivity index (χ0v) is 24.9. The Bertz CT molecular complexity index is 1710. The number of hydrogen-bond donors (Lipinski definition) is 0. The molecule has 44 heavy (non-hydrogen) atoms. The van der Waals surface area contributed by atoms with Crippen molar-refractivity contribution in [2.45, 2.75) is 12.3 Å². The quantitative estimate of drug-likeness (QED) is 0.0964. The molecule has 4 aromatic rings. The molecule has 216 valence electrons.